The number of carboxylic acid groups (broad SMARTS) is 2. The van der Waals surface area contributed by atoms with Crippen LogP contribution in [0.1, 0.15) is 50.5 Å². The molecule has 6 heteroatoms. The van der Waals surface area contributed by atoms with Gasteiger partial charge in [0.05, 0.1) is 0 Å². The van der Waals surface area contributed by atoms with E-state index >= 15 is 0 Å². The van der Waals surface area contributed by atoms with Gasteiger partial charge in [-0.1, -0.05) is 49.6 Å². The Labute approximate surface area is 141 Å². The number of carbonyl (C=O) groups is 3. The van der Waals surface area contributed by atoms with Crippen LogP contribution in [0.5, 0.6) is 0 Å². The van der Waals surface area contributed by atoms with Crippen molar-refractivity contribution in [1.82, 2.24) is 5.32 Å². The second kappa shape index (κ2) is 11.2. The second-order valence-corrected chi connectivity index (χ2v) is 5.81. The van der Waals surface area contributed by atoms with Crippen molar-refractivity contribution in [2.24, 2.45) is 0 Å². The average Bonchev–Trinajstić information content (AvgIpc) is 2.54. The summed E-state index contributed by atoms with van der Waals surface area (Å²) in [7, 11) is 0. The van der Waals surface area contributed by atoms with Crippen molar-refractivity contribution in [1.29, 1.82) is 0 Å². The molecule has 1 aromatic carbocycles. The van der Waals surface area contributed by atoms with Gasteiger partial charge in [0, 0.05) is 19.3 Å². The lowest BCUT2D eigenvalue weighted by Gasteiger charge is -2.14. The van der Waals surface area contributed by atoms with Crippen LogP contribution in [0.25, 0.3) is 0 Å². The molecule has 0 fully saturated rings. The zero-order chi connectivity index (χ0) is 17.8. The SMILES string of the molecule is O=C(O)CCCCCCCC(=O)N[C@@H](Cc1ccccc1)C(=O)O. The lowest BCUT2D eigenvalue weighted by molar-refractivity contribution is -0.141. The number of benzene rings is 1. The molecule has 24 heavy (non-hydrogen) atoms. The van der Waals surface area contributed by atoms with E-state index in [4.69, 9.17) is 5.11 Å². The molecule has 1 amide bonds. The molecule has 0 heterocycles. The molecule has 0 aliphatic carbocycles. The van der Waals surface area contributed by atoms with Crippen molar-refractivity contribution in [3.63, 3.8) is 0 Å². The van der Waals surface area contributed by atoms with Gasteiger partial charge in [-0.2, -0.15) is 0 Å². The number of nitrogens with one attached hydrogen (secondary N) is 1. The zero-order valence-electron chi connectivity index (χ0n) is 13.7. The molecular formula is C18H25NO5. The van der Waals surface area contributed by atoms with Crippen LogP contribution in [0.4, 0.5) is 0 Å². The molecule has 1 atom stereocenters. The standard InChI is InChI=1S/C18H25NO5/c20-16(11-7-2-1-3-8-12-17(21)22)19-15(18(23)24)13-14-9-5-4-6-10-14/h4-6,9-10,15H,1-3,7-8,11-13H2,(H,19,20)(H,21,22)(H,23,24)/t15-/m0/s1. The number of carbonyl (C=O) groups excluding carboxylic acids is 1. The van der Waals surface area contributed by atoms with Gasteiger partial charge < -0.3 is 15.5 Å². The van der Waals surface area contributed by atoms with Gasteiger partial charge in [-0.15, -0.1) is 0 Å². The van der Waals surface area contributed by atoms with Crippen molar-refractivity contribution in [2.45, 2.75) is 57.4 Å². The minimum atomic E-state index is -1.04. The lowest BCUT2D eigenvalue weighted by Crippen LogP contribution is -2.42. The van der Waals surface area contributed by atoms with E-state index < -0.39 is 18.0 Å². The Morgan fingerprint density at radius 2 is 1.46 bits per heavy atom. The molecule has 0 unspecified atom stereocenters. The monoisotopic (exact) mass is 335 g/mol. The fourth-order valence-corrected chi connectivity index (χ4v) is 2.41. The van der Waals surface area contributed by atoms with Gasteiger partial charge in [0.2, 0.25) is 5.91 Å². The molecule has 3 N–H and O–H groups in total. The molecule has 0 spiro atoms. The largest absolute Gasteiger partial charge is 0.481 e. The number of hydrogen-bond donors (Lipinski definition) is 3. The summed E-state index contributed by atoms with van der Waals surface area (Å²) in [4.78, 5) is 33.5. The van der Waals surface area contributed by atoms with Gasteiger partial charge in [-0.05, 0) is 18.4 Å². The highest BCUT2D eigenvalue weighted by Crippen LogP contribution is 2.08. The third-order valence-corrected chi connectivity index (χ3v) is 3.71. The van der Waals surface area contributed by atoms with E-state index in [0.29, 0.717) is 12.8 Å². The maximum atomic E-state index is 11.9. The van der Waals surface area contributed by atoms with E-state index in [1.807, 2.05) is 30.3 Å². The summed E-state index contributed by atoms with van der Waals surface area (Å²) in [6.07, 6.45) is 4.61. The minimum Gasteiger partial charge on any atom is -0.481 e. The molecule has 0 aromatic heterocycles. The van der Waals surface area contributed by atoms with Crippen LogP contribution < -0.4 is 5.32 Å². The average molecular weight is 335 g/mol. The van der Waals surface area contributed by atoms with E-state index in [1.54, 1.807) is 0 Å². The first kappa shape index (κ1) is 19.7. The fraction of sp³-hybridized carbons (Fsp3) is 0.500. The number of carboxylic acids is 2. The molecule has 0 saturated heterocycles. The van der Waals surface area contributed by atoms with Crippen LogP contribution in [0.3, 0.4) is 0 Å². The van der Waals surface area contributed by atoms with Crippen LogP contribution >= 0.6 is 0 Å². The predicted octanol–water partition coefficient (Wildman–Crippen LogP) is 2.61. The van der Waals surface area contributed by atoms with Crippen LogP contribution in [-0.2, 0) is 20.8 Å². The quantitative estimate of drug-likeness (QED) is 0.509. The van der Waals surface area contributed by atoms with Crippen molar-refractivity contribution in [3.8, 4) is 0 Å². The molecule has 0 aliphatic heterocycles. The second-order valence-electron chi connectivity index (χ2n) is 5.81. The summed E-state index contributed by atoms with van der Waals surface area (Å²) in [5, 5.41) is 20.3. The topological polar surface area (TPSA) is 104 Å². The molecule has 0 radical (unpaired) electrons. The van der Waals surface area contributed by atoms with Gasteiger partial charge in [0.25, 0.3) is 0 Å². The first-order valence-electron chi connectivity index (χ1n) is 8.27. The predicted molar refractivity (Wildman–Crippen MR) is 89.7 cm³/mol. The number of rotatable bonds is 12. The van der Waals surface area contributed by atoms with E-state index in [0.717, 1.165) is 24.8 Å². The maximum Gasteiger partial charge on any atom is 0.326 e. The van der Waals surface area contributed by atoms with E-state index in [2.05, 4.69) is 5.32 Å². The van der Waals surface area contributed by atoms with Gasteiger partial charge in [0.1, 0.15) is 6.04 Å². The van der Waals surface area contributed by atoms with Crippen molar-refractivity contribution in [3.05, 3.63) is 35.9 Å². The number of hydrogen-bond acceptors (Lipinski definition) is 3. The molecule has 1 aromatic rings. The van der Waals surface area contributed by atoms with Gasteiger partial charge in [-0.3, -0.25) is 9.59 Å². The molecule has 0 aliphatic rings. The van der Waals surface area contributed by atoms with E-state index in [1.165, 1.54) is 0 Å². The number of unbranched alkanes of at least 4 members (excludes halogenated alkanes) is 4. The summed E-state index contributed by atoms with van der Waals surface area (Å²) < 4.78 is 0. The normalized spacial score (nSPS) is 11.7. The van der Waals surface area contributed by atoms with Crippen molar-refractivity contribution in [2.75, 3.05) is 0 Å². The van der Waals surface area contributed by atoms with Crippen molar-refractivity contribution >= 4 is 17.8 Å². The summed E-state index contributed by atoms with van der Waals surface area (Å²) >= 11 is 0. The minimum absolute atomic E-state index is 0.181. The highest BCUT2D eigenvalue weighted by atomic mass is 16.4. The highest BCUT2D eigenvalue weighted by molar-refractivity contribution is 5.83. The molecular weight excluding hydrogens is 310 g/mol. The Hall–Kier alpha value is -2.37. The van der Waals surface area contributed by atoms with E-state index in [9.17, 15) is 19.5 Å². The molecule has 132 valence electrons. The Morgan fingerprint density at radius 1 is 0.875 bits per heavy atom. The molecule has 0 saturated carbocycles. The number of amides is 1. The summed E-state index contributed by atoms with van der Waals surface area (Å²) in [5.74, 6) is -2.09. The Kier molecular flexibility index (Phi) is 9.19. The maximum absolute atomic E-state index is 11.9. The lowest BCUT2D eigenvalue weighted by atomic mass is 10.1. The van der Waals surface area contributed by atoms with Gasteiger partial charge in [-0.25, -0.2) is 4.79 Å². The fourth-order valence-electron chi connectivity index (χ4n) is 2.41. The Balaban J connectivity index is 2.23. The van der Waals surface area contributed by atoms with Crippen LogP contribution in [0.2, 0.25) is 0 Å². The zero-order valence-corrected chi connectivity index (χ0v) is 13.7. The highest BCUT2D eigenvalue weighted by Gasteiger charge is 2.19. The Bertz CT molecular complexity index is 529. The third-order valence-electron chi connectivity index (χ3n) is 3.71. The first-order valence-corrected chi connectivity index (χ1v) is 8.27. The van der Waals surface area contributed by atoms with Crippen molar-refractivity contribution < 1.29 is 24.6 Å². The van der Waals surface area contributed by atoms with Gasteiger partial charge in [0.15, 0.2) is 0 Å². The van der Waals surface area contributed by atoms with Gasteiger partial charge >= 0.3 is 11.9 Å². The smallest absolute Gasteiger partial charge is 0.326 e. The Morgan fingerprint density at radius 3 is 2.04 bits per heavy atom. The summed E-state index contributed by atoms with van der Waals surface area (Å²) in [6, 6.07) is 8.27. The third kappa shape index (κ3) is 8.92. The number of aliphatic carboxylic acids is 2. The molecule has 1 rings (SSSR count). The van der Waals surface area contributed by atoms with Crippen LogP contribution in [0, 0.1) is 0 Å². The summed E-state index contributed by atoms with van der Waals surface area (Å²) in [5.41, 5.74) is 0.864. The summed E-state index contributed by atoms with van der Waals surface area (Å²) in [6.45, 7) is 0. The van der Waals surface area contributed by atoms with Crippen LogP contribution in [-0.4, -0.2) is 34.1 Å². The van der Waals surface area contributed by atoms with E-state index in [-0.39, 0.29) is 25.2 Å². The molecule has 6 nitrogen and oxygen atoms in total. The first-order chi connectivity index (χ1) is 11.5. The van der Waals surface area contributed by atoms with Crippen LogP contribution in [0.15, 0.2) is 30.3 Å². The molecule has 0 bridgehead atoms.